The van der Waals surface area contributed by atoms with Crippen molar-refractivity contribution in [3.05, 3.63) is 35.7 Å². The van der Waals surface area contributed by atoms with Gasteiger partial charge in [-0.15, -0.1) is 0 Å². The molecule has 0 saturated heterocycles. The maximum atomic E-state index is 13.4. The summed E-state index contributed by atoms with van der Waals surface area (Å²) < 4.78 is 13.4. The van der Waals surface area contributed by atoms with Gasteiger partial charge >= 0.3 is 12.0 Å². The van der Waals surface area contributed by atoms with Gasteiger partial charge in [-0.2, -0.15) is 0 Å². The second-order valence-corrected chi connectivity index (χ2v) is 4.28. The number of carbonyl (C=O) groups is 2. The number of anilines is 1. The van der Waals surface area contributed by atoms with Crippen molar-refractivity contribution in [2.24, 2.45) is 0 Å². The van der Waals surface area contributed by atoms with E-state index in [1.54, 1.807) is 0 Å². The molecule has 100 valence electrons. The minimum absolute atomic E-state index is 0.103. The van der Waals surface area contributed by atoms with Crippen LogP contribution in [0.2, 0.25) is 0 Å². The molecule has 0 aliphatic heterocycles. The van der Waals surface area contributed by atoms with Gasteiger partial charge in [0, 0.05) is 23.4 Å². The van der Waals surface area contributed by atoms with Crippen molar-refractivity contribution >= 4 is 23.8 Å². The van der Waals surface area contributed by atoms with E-state index in [9.17, 15) is 14.0 Å². The van der Waals surface area contributed by atoms with E-state index in [2.05, 4.69) is 10.6 Å². The van der Waals surface area contributed by atoms with Crippen molar-refractivity contribution in [3.63, 3.8) is 0 Å². The summed E-state index contributed by atoms with van der Waals surface area (Å²) in [5.41, 5.74) is 0.510. The molecule has 1 aliphatic carbocycles. The highest BCUT2D eigenvalue weighted by Gasteiger charge is 2.23. The van der Waals surface area contributed by atoms with Crippen LogP contribution in [0.1, 0.15) is 18.4 Å². The van der Waals surface area contributed by atoms with Crippen LogP contribution in [0.4, 0.5) is 14.9 Å². The second-order valence-electron chi connectivity index (χ2n) is 4.28. The smallest absolute Gasteiger partial charge is 0.328 e. The molecule has 0 spiro atoms. The summed E-state index contributed by atoms with van der Waals surface area (Å²) in [6.45, 7) is 0. The largest absolute Gasteiger partial charge is 0.478 e. The Kier molecular flexibility index (Phi) is 3.79. The topological polar surface area (TPSA) is 78.4 Å². The van der Waals surface area contributed by atoms with Gasteiger partial charge in [-0.25, -0.2) is 14.0 Å². The Bertz CT molecular complexity index is 539. The highest BCUT2D eigenvalue weighted by atomic mass is 19.1. The normalized spacial score (nSPS) is 14.4. The minimum Gasteiger partial charge on any atom is -0.478 e. The van der Waals surface area contributed by atoms with E-state index in [4.69, 9.17) is 5.11 Å². The van der Waals surface area contributed by atoms with Gasteiger partial charge in [-0.3, -0.25) is 0 Å². The molecule has 1 aromatic carbocycles. The zero-order valence-electron chi connectivity index (χ0n) is 10.0. The molecule has 0 heterocycles. The van der Waals surface area contributed by atoms with Crippen LogP contribution < -0.4 is 10.6 Å². The summed E-state index contributed by atoms with van der Waals surface area (Å²) in [6.07, 6.45) is 3.93. The molecule has 1 saturated carbocycles. The lowest BCUT2D eigenvalue weighted by molar-refractivity contribution is -0.131. The fourth-order valence-corrected chi connectivity index (χ4v) is 1.49. The Balaban J connectivity index is 2.06. The fraction of sp³-hybridized carbons (Fsp3) is 0.231. The van der Waals surface area contributed by atoms with E-state index in [-0.39, 0.29) is 17.6 Å². The monoisotopic (exact) mass is 264 g/mol. The summed E-state index contributed by atoms with van der Waals surface area (Å²) in [5, 5.41) is 13.8. The molecule has 2 rings (SSSR count). The van der Waals surface area contributed by atoms with Crippen LogP contribution in [0.15, 0.2) is 24.3 Å². The average Bonchev–Trinajstić information content (AvgIpc) is 3.13. The van der Waals surface area contributed by atoms with Crippen molar-refractivity contribution in [1.29, 1.82) is 0 Å². The number of carboxylic acids is 1. The molecular formula is C13H13FN2O3. The van der Waals surface area contributed by atoms with Crippen LogP contribution in [0, 0.1) is 5.82 Å². The molecule has 3 N–H and O–H groups in total. The molecule has 0 radical (unpaired) electrons. The lowest BCUT2D eigenvalue weighted by Gasteiger charge is -2.07. The van der Waals surface area contributed by atoms with E-state index in [0.717, 1.165) is 25.0 Å². The van der Waals surface area contributed by atoms with Crippen LogP contribution in [-0.4, -0.2) is 23.1 Å². The quantitative estimate of drug-likeness (QED) is 0.729. The number of urea groups is 1. The molecule has 0 atom stereocenters. The zero-order valence-corrected chi connectivity index (χ0v) is 10.0. The average molecular weight is 264 g/mol. The first-order valence-electron chi connectivity index (χ1n) is 5.82. The first-order chi connectivity index (χ1) is 9.04. The number of aliphatic carboxylic acids is 1. The first-order valence-corrected chi connectivity index (χ1v) is 5.82. The fourth-order valence-electron chi connectivity index (χ4n) is 1.49. The Morgan fingerprint density at radius 1 is 1.37 bits per heavy atom. The minimum atomic E-state index is -1.16. The van der Waals surface area contributed by atoms with Crippen LogP contribution in [0.25, 0.3) is 6.08 Å². The first kappa shape index (κ1) is 13.1. The molecule has 0 bridgehead atoms. The molecule has 19 heavy (non-hydrogen) atoms. The predicted octanol–water partition coefficient (Wildman–Crippen LogP) is 2.21. The van der Waals surface area contributed by atoms with Gasteiger partial charge in [0.1, 0.15) is 5.82 Å². The van der Waals surface area contributed by atoms with E-state index in [0.29, 0.717) is 5.69 Å². The van der Waals surface area contributed by atoms with Gasteiger partial charge < -0.3 is 15.7 Å². The van der Waals surface area contributed by atoms with E-state index < -0.39 is 11.8 Å². The number of carbonyl (C=O) groups excluding carboxylic acids is 1. The second kappa shape index (κ2) is 5.51. The number of carboxylic acid groups (broad SMARTS) is 1. The molecule has 5 nitrogen and oxygen atoms in total. The van der Waals surface area contributed by atoms with E-state index >= 15 is 0 Å². The molecule has 0 unspecified atom stereocenters. The Morgan fingerprint density at radius 2 is 2.11 bits per heavy atom. The molecule has 6 heteroatoms. The number of hydrogen-bond donors (Lipinski definition) is 3. The van der Waals surface area contributed by atoms with Crippen molar-refractivity contribution in [1.82, 2.24) is 5.32 Å². The number of rotatable bonds is 4. The Labute approximate surface area is 109 Å². The van der Waals surface area contributed by atoms with Crippen molar-refractivity contribution in [2.75, 3.05) is 5.32 Å². The third kappa shape index (κ3) is 4.09. The molecule has 1 aromatic rings. The summed E-state index contributed by atoms with van der Waals surface area (Å²) in [5.74, 6) is -1.71. The summed E-state index contributed by atoms with van der Waals surface area (Å²) in [6, 6.07) is 3.85. The molecule has 1 fully saturated rings. The maximum absolute atomic E-state index is 13.4. The van der Waals surface area contributed by atoms with Crippen molar-refractivity contribution < 1.29 is 19.1 Å². The maximum Gasteiger partial charge on any atom is 0.328 e. The highest BCUT2D eigenvalue weighted by Crippen LogP contribution is 2.20. The summed E-state index contributed by atoms with van der Waals surface area (Å²) >= 11 is 0. The number of halogens is 1. The number of nitrogens with one attached hydrogen (secondary N) is 2. The highest BCUT2D eigenvalue weighted by molar-refractivity contribution is 5.90. The molecule has 0 aromatic heterocycles. The number of hydrogen-bond acceptors (Lipinski definition) is 2. The van der Waals surface area contributed by atoms with Gasteiger partial charge in [0.25, 0.3) is 0 Å². The third-order valence-electron chi connectivity index (χ3n) is 2.57. The third-order valence-corrected chi connectivity index (χ3v) is 2.57. The lowest BCUT2D eigenvalue weighted by atomic mass is 10.1. The zero-order chi connectivity index (χ0) is 13.8. The van der Waals surface area contributed by atoms with Gasteiger partial charge in [-0.05, 0) is 37.1 Å². The Morgan fingerprint density at radius 3 is 2.74 bits per heavy atom. The van der Waals surface area contributed by atoms with Crippen molar-refractivity contribution in [2.45, 2.75) is 18.9 Å². The molecule has 1 aliphatic rings. The van der Waals surface area contributed by atoms with Gasteiger partial charge in [0.2, 0.25) is 0 Å². The lowest BCUT2D eigenvalue weighted by Crippen LogP contribution is -2.30. The van der Waals surface area contributed by atoms with Gasteiger partial charge in [0.05, 0.1) is 0 Å². The van der Waals surface area contributed by atoms with Crippen LogP contribution in [0.3, 0.4) is 0 Å². The van der Waals surface area contributed by atoms with Crippen LogP contribution in [-0.2, 0) is 4.79 Å². The van der Waals surface area contributed by atoms with Crippen molar-refractivity contribution in [3.8, 4) is 0 Å². The molecule has 2 amide bonds. The van der Waals surface area contributed by atoms with E-state index in [1.165, 1.54) is 18.2 Å². The standard InChI is InChI=1S/C13H13FN2O3/c14-11-5-4-10(7-8(11)1-6-12(17)18)16-13(19)15-9-2-3-9/h1,4-7,9H,2-3H2,(H,17,18)(H2,15,16,19)/b6-1+. The van der Waals surface area contributed by atoms with Gasteiger partial charge in [-0.1, -0.05) is 0 Å². The summed E-state index contributed by atoms with van der Waals surface area (Å²) in [7, 11) is 0. The summed E-state index contributed by atoms with van der Waals surface area (Å²) in [4.78, 5) is 21.9. The number of amides is 2. The van der Waals surface area contributed by atoms with Gasteiger partial charge in [0.15, 0.2) is 0 Å². The Hall–Kier alpha value is -2.37. The van der Waals surface area contributed by atoms with Crippen LogP contribution in [0.5, 0.6) is 0 Å². The predicted molar refractivity (Wildman–Crippen MR) is 68.2 cm³/mol. The SMILES string of the molecule is O=C(O)/C=C/c1cc(NC(=O)NC2CC2)ccc1F. The van der Waals surface area contributed by atoms with E-state index in [1.807, 2.05) is 0 Å². The number of benzene rings is 1. The molecular weight excluding hydrogens is 251 g/mol. The van der Waals surface area contributed by atoms with Crippen LogP contribution >= 0.6 is 0 Å².